The van der Waals surface area contributed by atoms with Crippen molar-refractivity contribution in [2.45, 2.75) is 12.8 Å². The van der Waals surface area contributed by atoms with Crippen LogP contribution in [0.1, 0.15) is 12.8 Å². The molecule has 0 saturated heterocycles. The molecule has 0 unspecified atom stereocenters. The average Bonchev–Trinajstić information content (AvgIpc) is 2.35. The van der Waals surface area contributed by atoms with Gasteiger partial charge in [-0.05, 0) is 12.8 Å². The molecule has 2 N–H and O–H groups in total. The SMILES string of the molecule is C=C(COCCCOCCCOCCO)C(=O)O. The van der Waals surface area contributed by atoms with Crippen LogP contribution < -0.4 is 0 Å². The van der Waals surface area contributed by atoms with Crippen LogP contribution >= 0.6 is 0 Å². The highest BCUT2D eigenvalue weighted by Gasteiger charge is 2.02. The molecule has 0 bridgehead atoms. The number of ether oxygens (including phenoxy) is 3. The number of aliphatic hydroxyl groups is 1. The van der Waals surface area contributed by atoms with Crippen molar-refractivity contribution in [3.05, 3.63) is 12.2 Å². The fraction of sp³-hybridized carbons (Fsp3) is 0.750. The van der Waals surface area contributed by atoms with Crippen LogP contribution in [0.4, 0.5) is 0 Å². The third-order valence-electron chi connectivity index (χ3n) is 1.97. The van der Waals surface area contributed by atoms with Crippen molar-refractivity contribution in [3.63, 3.8) is 0 Å². The maximum atomic E-state index is 10.4. The van der Waals surface area contributed by atoms with Crippen molar-refractivity contribution in [1.29, 1.82) is 0 Å². The van der Waals surface area contributed by atoms with Crippen molar-refractivity contribution >= 4 is 5.97 Å². The Morgan fingerprint density at radius 1 is 0.944 bits per heavy atom. The van der Waals surface area contributed by atoms with Gasteiger partial charge in [0.15, 0.2) is 0 Å². The van der Waals surface area contributed by atoms with Crippen LogP contribution in [0.15, 0.2) is 12.2 Å². The summed E-state index contributed by atoms with van der Waals surface area (Å²) in [5.41, 5.74) is 0.0527. The van der Waals surface area contributed by atoms with Gasteiger partial charge in [0.2, 0.25) is 0 Å². The van der Waals surface area contributed by atoms with Crippen LogP contribution in [-0.2, 0) is 19.0 Å². The Morgan fingerprint density at radius 2 is 1.44 bits per heavy atom. The molecule has 106 valence electrons. The number of carboxylic acids is 1. The Bertz CT molecular complexity index is 229. The number of aliphatic hydroxyl groups excluding tert-OH is 1. The van der Waals surface area contributed by atoms with Gasteiger partial charge in [0, 0.05) is 26.4 Å². The summed E-state index contributed by atoms with van der Waals surface area (Å²) >= 11 is 0. The number of aliphatic carboxylic acids is 1. The molecule has 18 heavy (non-hydrogen) atoms. The van der Waals surface area contributed by atoms with E-state index in [1.807, 2.05) is 0 Å². The minimum Gasteiger partial charge on any atom is -0.478 e. The molecule has 0 aliphatic carbocycles. The van der Waals surface area contributed by atoms with Gasteiger partial charge in [0.1, 0.15) is 0 Å². The van der Waals surface area contributed by atoms with Gasteiger partial charge in [0.05, 0.1) is 25.4 Å². The van der Waals surface area contributed by atoms with Crippen molar-refractivity contribution in [2.24, 2.45) is 0 Å². The average molecular weight is 262 g/mol. The summed E-state index contributed by atoms with van der Waals surface area (Å²) < 4.78 is 15.5. The lowest BCUT2D eigenvalue weighted by Gasteiger charge is -2.06. The quantitative estimate of drug-likeness (QED) is 0.370. The molecule has 0 aromatic carbocycles. The molecule has 0 aliphatic rings. The van der Waals surface area contributed by atoms with Gasteiger partial charge in [0.25, 0.3) is 0 Å². The minimum absolute atomic E-state index is 0.0415. The predicted molar refractivity (Wildman–Crippen MR) is 65.6 cm³/mol. The molecule has 6 heteroatoms. The topological polar surface area (TPSA) is 85.2 Å². The van der Waals surface area contributed by atoms with Gasteiger partial charge in [-0.25, -0.2) is 4.79 Å². The van der Waals surface area contributed by atoms with Gasteiger partial charge in [-0.1, -0.05) is 6.58 Å². The summed E-state index contributed by atoms with van der Waals surface area (Å²) in [6.45, 7) is 6.00. The number of hydrogen-bond donors (Lipinski definition) is 2. The lowest BCUT2D eigenvalue weighted by molar-refractivity contribution is -0.133. The van der Waals surface area contributed by atoms with Crippen molar-refractivity contribution in [2.75, 3.05) is 46.2 Å². The smallest absolute Gasteiger partial charge is 0.333 e. The first kappa shape index (κ1) is 17.1. The Hall–Kier alpha value is -0.950. The summed E-state index contributed by atoms with van der Waals surface area (Å²) in [7, 11) is 0. The molecule has 0 heterocycles. The summed E-state index contributed by atoms with van der Waals surface area (Å²) in [4.78, 5) is 10.4. The molecule has 0 aromatic heterocycles. The van der Waals surface area contributed by atoms with E-state index in [1.54, 1.807) is 0 Å². The van der Waals surface area contributed by atoms with E-state index in [2.05, 4.69) is 6.58 Å². The normalized spacial score (nSPS) is 10.5. The van der Waals surface area contributed by atoms with Gasteiger partial charge in [-0.15, -0.1) is 0 Å². The summed E-state index contributed by atoms with van der Waals surface area (Å²) in [6.07, 6.45) is 1.50. The molecule has 0 radical (unpaired) electrons. The molecule has 0 aromatic rings. The van der Waals surface area contributed by atoms with Crippen LogP contribution in [-0.4, -0.2) is 62.4 Å². The van der Waals surface area contributed by atoms with Crippen LogP contribution in [0.5, 0.6) is 0 Å². The first-order valence-corrected chi connectivity index (χ1v) is 5.93. The Labute approximate surface area is 107 Å². The molecule has 6 nitrogen and oxygen atoms in total. The van der Waals surface area contributed by atoms with Crippen molar-refractivity contribution in [1.82, 2.24) is 0 Å². The van der Waals surface area contributed by atoms with Crippen LogP contribution in [0, 0.1) is 0 Å². The molecule has 0 spiro atoms. The second-order valence-electron chi connectivity index (χ2n) is 3.62. The number of hydrogen-bond acceptors (Lipinski definition) is 5. The fourth-order valence-corrected chi connectivity index (χ4v) is 1.05. The summed E-state index contributed by atoms with van der Waals surface area (Å²) in [6, 6.07) is 0. The van der Waals surface area contributed by atoms with E-state index >= 15 is 0 Å². The lowest BCUT2D eigenvalue weighted by Crippen LogP contribution is -2.09. The van der Waals surface area contributed by atoms with E-state index in [0.29, 0.717) is 39.5 Å². The molecule has 0 saturated carbocycles. The highest BCUT2D eigenvalue weighted by atomic mass is 16.5. The van der Waals surface area contributed by atoms with E-state index in [0.717, 1.165) is 6.42 Å². The van der Waals surface area contributed by atoms with E-state index in [9.17, 15) is 4.79 Å². The molecular formula is C12H22O6. The van der Waals surface area contributed by atoms with Crippen LogP contribution in [0.25, 0.3) is 0 Å². The molecule has 0 aliphatic heterocycles. The second-order valence-corrected chi connectivity index (χ2v) is 3.62. The molecule has 0 rings (SSSR count). The van der Waals surface area contributed by atoms with Gasteiger partial charge in [-0.3, -0.25) is 0 Å². The summed E-state index contributed by atoms with van der Waals surface area (Å²) in [5, 5.41) is 17.0. The molecular weight excluding hydrogens is 240 g/mol. The highest BCUT2D eigenvalue weighted by Crippen LogP contribution is 1.93. The largest absolute Gasteiger partial charge is 0.478 e. The highest BCUT2D eigenvalue weighted by molar-refractivity contribution is 5.85. The zero-order valence-corrected chi connectivity index (χ0v) is 10.6. The van der Waals surface area contributed by atoms with E-state index < -0.39 is 5.97 Å². The summed E-state index contributed by atoms with van der Waals surface area (Å²) in [5.74, 6) is -1.03. The third kappa shape index (κ3) is 11.5. The van der Waals surface area contributed by atoms with Gasteiger partial charge < -0.3 is 24.4 Å². The number of carbonyl (C=O) groups is 1. The zero-order valence-electron chi connectivity index (χ0n) is 10.6. The van der Waals surface area contributed by atoms with Crippen LogP contribution in [0.2, 0.25) is 0 Å². The van der Waals surface area contributed by atoms with Crippen LogP contribution in [0.3, 0.4) is 0 Å². The maximum absolute atomic E-state index is 10.4. The van der Waals surface area contributed by atoms with Crippen molar-refractivity contribution < 1.29 is 29.2 Å². The van der Waals surface area contributed by atoms with Crippen molar-refractivity contribution in [3.8, 4) is 0 Å². The number of carboxylic acid groups (broad SMARTS) is 1. The third-order valence-corrected chi connectivity index (χ3v) is 1.97. The first-order valence-electron chi connectivity index (χ1n) is 5.93. The minimum atomic E-state index is -1.03. The second kappa shape index (κ2) is 12.5. The van der Waals surface area contributed by atoms with E-state index in [-0.39, 0.29) is 18.8 Å². The monoisotopic (exact) mass is 262 g/mol. The molecule has 0 amide bonds. The first-order chi connectivity index (χ1) is 8.68. The van der Waals surface area contributed by atoms with E-state index in [4.69, 9.17) is 24.4 Å². The van der Waals surface area contributed by atoms with Gasteiger partial charge >= 0.3 is 5.97 Å². The maximum Gasteiger partial charge on any atom is 0.333 e. The standard InChI is InChI=1S/C12H22O6/c1-11(12(14)15)10-18-8-3-6-16-5-2-7-17-9-4-13/h13H,1-10H2,(H,14,15). The lowest BCUT2D eigenvalue weighted by atomic mass is 10.3. The predicted octanol–water partition coefficient (Wildman–Crippen LogP) is 0.450. The number of rotatable bonds is 13. The Balaban J connectivity index is 3.07. The van der Waals surface area contributed by atoms with E-state index in [1.165, 1.54) is 0 Å². The molecule has 0 atom stereocenters. The Kier molecular flexibility index (Phi) is 11.8. The fourth-order valence-electron chi connectivity index (χ4n) is 1.05. The zero-order chi connectivity index (χ0) is 13.6. The van der Waals surface area contributed by atoms with Gasteiger partial charge in [-0.2, -0.15) is 0 Å². The Morgan fingerprint density at radius 3 is 1.94 bits per heavy atom. The molecule has 0 fully saturated rings.